The number of rotatable bonds is 4. The van der Waals surface area contributed by atoms with Crippen LogP contribution in [0.4, 0.5) is 22.0 Å². The van der Waals surface area contributed by atoms with Crippen molar-refractivity contribution in [3.05, 3.63) is 34.6 Å². The number of halogens is 5. The van der Waals surface area contributed by atoms with Crippen molar-refractivity contribution in [2.75, 3.05) is 24.5 Å². The second-order valence-corrected chi connectivity index (χ2v) is 9.54. The number of hydrogen-bond acceptors (Lipinski definition) is 0. The average Bonchev–Trinajstić information content (AvgIpc) is 2.27. The molecule has 18 heavy (non-hydrogen) atoms. The normalized spacial score (nSPS) is 12.9. The van der Waals surface area contributed by atoms with Crippen LogP contribution in [0.3, 0.4) is 0 Å². The first-order chi connectivity index (χ1) is 8.15. The summed E-state index contributed by atoms with van der Waals surface area (Å²) in [6.45, 7) is 0. The maximum atomic E-state index is 13.3. The fourth-order valence-corrected chi connectivity index (χ4v) is 2.56. The Kier molecular flexibility index (Phi) is 4.64. The van der Waals surface area contributed by atoms with E-state index in [2.05, 4.69) is 0 Å². The lowest BCUT2D eigenvalue weighted by atomic mass is 10.1. The van der Waals surface area contributed by atoms with Crippen LogP contribution in [0.15, 0.2) is 0 Å². The lowest BCUT2D eigenvalue weighted by molar-refractivity contribution is 0.369. The van der Waals surface area contributed by atoms with Crippen molar-refractivity contribution in [3.63, 3.8) is 0 Å². The molecule has 0 saturated carbocycles. The molecule has 0 N–H and O–H groups in total. The van der Waals surface area contributed by atoms with Gasteiger partial charge in [-0.1, -0.05) is 0 Å². The van der Waals surface area contributed by atoms with Crippen LogP contribution in [-0.2, 0) is 6.42 Å². The van der Waals surface area contributed by atoms with Gasteiger partial charge in [0, 0.05) is 5.56 Å². The van der Waals surface area contributed by atoms with E-state index in [1.165, 1.54) is 0 Å². The van der Waals surface area contributed by atoms with E-state index in [0.717, 1.165) is 0 Å². The van der Waals surface area contributed by atoms with Crippen molar-refractivity contribution in [2.24, 2.45) is 0 Å². The first-order valence-corrected chi connectivity index (χ1v) is 8.34. The Hall–Kier alpha value is -0.780. The molecule has 0 nitrogen and oxygen atoms in total. The zero-order chi connectivity index (χ0) is 14.1. The van der Waals surface area contributed by atoms with Gasteiger partial charge in [0.05, 0.1) is 0 Å². The first-order valence-electron chi connectivity index (χ1n) is 5.31. The minimum Gasteiger partial charge on any atom is -0.250 e. The molecule has 0 heterocycles. The SMILES string of the molecule is CS(C)(C)CCCc1c(F)c(F)c(F)c(F)c1F. The predicted octanol–water partition coefficient (Wildman–Crippen LogP) is 4.01. The fourth-order valence-electron chi connectivity index (χ4n) is 1.55. The Labute approximate surface area is 105 Å². The molecule has 0 amide bonds. The molecule has 0 spiro atoms. The largest absolute Gasteiger partial charge is 0.250 e. The van der Waals surface area contributed by atoms with Gasteiger partial charge in [0.1, 0.15) is 0 Å². The van der Waals surface area contributed by atoms with Gasteiger partial charge in [-0.25, -0.2) is 32.0 Å². The number of hydrogen-bond donors (Lipinski definition) is 0. The van der Waals surface area contributed by atoms with Gasteiger partial charge in [0.15, 0.2) is 23.3 Å². The van der Waals surface area contributed by atoms with Crippen molar-refractivity contribution >= 4 is 10.0 Å². The molecule has 0 bridgehead atoms. The van der Waals surface area contributed by atoms with E-state index in [4.69, 9.17) is 0 Å². The van der Waals surface area contributed by atoms with Gasteiger partial charge in [0.2, 0.25) is 5.82 Å². The van der Waals surface area contributed by atoms with Gasteiger partial charge in [-0.15, -0.1) is 0 Å². The lowest BCUT2D eigenvalue weighted by Gasteiger charge is -2.24. The summed E-state index contributed by atoms with van der Waals surface area (Å²) in [6.07, 6.45) is 6.32. The molecule has 1 rings (SSSR count). The molecular weight excluding hydrogens is 271 g/mol. The highest BCUT2D eigenvalue weighted by molar-refractivity contribution is 8.32. The minimum atomic E-state index is -2.10. The van der Waals surface area contributed by atoms with Crippen LogP contribution in [0.1, 0.15) is 12.0 Å². The van der Waals surface area contributed by atoms with Gasteiger partial charge < -0.3 is 0 Å². The Bertz CT molecular complexity index is 422. The Morgan fingerprint density at radius 2 is 1.11 bits per heavy atom. The zero-order valence-corrected chi connectivity index (χ0v) is 11.2. The monoisotopic (exact) mass is 286 g/mol. The second-order valence-electron chi connectivity index (χ2n) is 4.95. The van der Waals surface area contributed by atoms with Gasteiger partial charge >= 0.3 is 0 Å². The molecule has 0 aliphatic rings. The molecule has 0 aliphatic carbocycles. The molecule has 0 radical (unpaired) electrons. The molecule has 0 aromatic heterocycles. The van der Waals surface area contributed by atoms with Crippen LogP contribution in [0.25, 0.3) is 0 Å². The third-order valence-corrected chi connectivity index (χ3v) is 4.00. The summed E-state index contributed by atoms with van der Waals surface area (Å²) in [7, 11) is -0.855. The van der Waals surface area contributed by atoms with Crippen molar-refractivity contribution in [2.45, 2.75) is 12.8 Å². The summed E-state index contributed by atoms with van der Waals surface area (Å²) >= 11 is 0. The molecule has 1 aromatic rings. The van der Waals surface area contributed by atoms with E-state index in [1.54, 1.807) is 0 Å². The first kappa shape index (κ1) is 15.3. The van der Waals surface area contributed by atoms with E-state index in [9.17, 15) is 22.0 Å². The molecule has 104 valence electrons. The highest BCUT2D eigenvalue weighted by Gasteiger charge is 2.25. The van der Waals surface area contributed by atoms with Crippen molar-refractivity contribution in [1.82, 2.24) is 0 Å². The van der Waals surface area contributed by atoms with Crippen LogP contribution >= 0.6 is 10.0 Å². The summed E-state index contributed by atoms with van der Waals surface area (Å²) in [5.74, 6) is -8.55. The second kappa shape index (κ2) is 5.47. The van der Waals surface area contributed by atoms with Gasteiger partial charge in [-0.3, -0.25) is 0 Å². The summed E-state index contributed by atoms with van der Waals surface area (Å²) in [6, 6.07) is 0. The third-order valence-electron chi connectivity index (χ3n) is 2.48. The van der Waals surface area contributed by atoms with Crippen LogP contribution in [0.5, 0.6) is 0 Å². The molecule has 6 heteroatoms. The van der Waals surface area contributed by atoms with E-state index < -0.39 is 44.7 Å². The average molecular weight is 286 g/mol. The summed E-state index contributed by atoms with van der Waals surface area (Å²) in [5, 5.41) is 0. The van der Waals surface area contributed by atoms with E-state index in [0.29, 0.717) is 12.2 Å². The molecule has 0 aliphatic heterocycles. The number of benzene rings is 1. The molecule has 1 aromatic carbocycles. The predicted molar refractivity (Wildman–Crippen MR) is 64.8 cm³/mol. The molecule has 0 atom stereocenters. The van der Waals surface area contributed by atoms with Crippen molar-refractivity contribution in [1.29, 1.82) is 0 Å². The van der Waals surface area contributed by atoms with Crippen LogP contribution < -0.4 is 0 Å². The topological polar surface area (TPSA) is 0 Å². The van der Waals surface area contributed by atoms with Crippen molar-refractivity contribution < 1.29 is 22.0 Å². The maximum Gasteiger partial charge on any atom is 0.200 e. The van der Waals surface area contributed by atoms with E-state index in [-0.39, 0.29) is 6.42 Å². The van der Waals surface area contributed by atoms with E-state index in [1.807, 2.05) is 18.8 Å². The highest BCUT2D eigenvalue weighted by Crippen LogP contribution is 2.36. The summed E-state index contributed by atoms with van der Waals surface area (Å²) < 4.78 is 65.2. The van der Waals surface area contributed by atoms with Crippen molar-refractivity contribution in [3.8, 4) is 0 Å². The quantitative estimate of drug-likeness (QED) is 0.446. The Morgan fingerprint density at radius 1 is 0.722 bits per heavy atom. The molecular formula is C12H15F5S. The summed E-state index contributed by atoms with van der Waals surface area (Å²) in [4.78, 5) is 0. The smallest absolute Gasteiger partial charge is 0.200 e. The lowest BCUT2D eigenvalue weighted by Crippen LogP contribution is -2.09. The van der Waals surface area contributed by atoms with Crippen LogP contribution in [0, 0.1) is 29.1 Å². The Morgan fingerprint density at radius 3 is 1.50 bits per heavy atom. The molecule has 0 fully saturated rings. The standard InChI is InChI=1S/C12H15F5S/c1-18(2,3)6-4-5-7-8(13)10(15)12(17)11(16)9(7)14/h4-6H2,1-3H3. The van der Waals surface area contributed by atoms with Crippen LogP contribution in [-0.4, -0.2) is 24.5 Å². The van der Waals surface area contributed by atoms with Gasteiger partial charge in [-0.2, -0.15) is 0 Å². The van der Waals surface area contributed by atoms with Crippen LogP contribution in [0.2, 0.25) is 0 Å². The fraction of sp³-hybridized carbons (Fsp3) is 0.500. The van der Waals surface area contributed by atoms with E-state index >= 15 is 0 Å². The molecule has 0 saturated heterocycles. The van der Waals surface area contributed by atoms with Gasteiger partial charge in [-0.05, 0) is 37.4 Å². The third kappa shape index (κ3) is 3.37. The minimum absolute atomic E-state index is 0.143. The zero-order valence-electron chi connectivity index (χ0n) is 10.4. The van der Waals surface area contributed by atoms with Gasteiger partial charge in [0.25, 0.3) is 0 Å². The molecule has 0 unspecified atom stereocenters. The Balaban J connectivity index is 2.96. The highest BCUT2D eigenvalue weighted by atomic mass is 32.3. The summed E-state index contributed by atoms with van der Waals surface area (Å²) in [5.41, 5.74) is -0.713. The maximum absolute atomic E-state index is 13.3.